The van der Waals surface area contributed by atoms with Gasteiger partial charge in [0, 0.05) is 22.5 Å². The Morgan fingerprint density at radius 3 is 2.90 bits per heavy atom. The van der Waals surface area contributed by atoms with Gasteiger partial charge >= 0.3 is 5.97 Å². The first-order valence-corrected chi connectivity index (χ1v) is 7.15. The van der Waals surface area contributed by atoms with Crippen molar-refractivity contribution in [2.75, 3.05) is 7.11 Å². The van der Waals surface area contributed by atoms with Crippen molar-refractivity contribution >= 4 is 34.0 Å². The van der Waals surface area contributed by atoms with Gasteiger partial charge in [0.15, 0.2) is 10.7 Å². The number of thiazole rings is 1. The van der Waals surface area contributed by atoms with E-state index in [0.717, 1.165) is 27.8 Å². The summed E-state index contributed by atoms with van der Waals surface area (Å²) in [5.41, 5.74) is 2.64. The SMILES string of the molecule is COC(=O)c1csc(C(=O)c2c[nH]c3cccc(C)c23)n1. The number of fused-ring (bicyclic) bond motifs is 1. The van der Waals surface area contributed by atoms with Crippen LogP contribution in [-0.2, 0) is 4.74 Å². The molecule has 0 saturated heterocycles. The summed E-state index contributed by atoms with van der Waals surface area (Å²) in [5.74, 6) is -0.740. The third-order valence-corrected chi connectivity index (χ3v) is 4.09. The lowest BCUT2D eigenvalue weighted by Gasteiger charge is -1.99. The number of ketones is 1. The van der Waals surface area contributed by atoms with Crippen LogP contribution < -0.4 is 0 Å². The van der Waals surface area contributed by atoms with Crippen molar-refractivity contribution in [3.63, 3.8) is 0 Å². The fraction of sp³-hybridized carbons (Fsp3) is 0.133. The van der Waals surface area contributed by atoms with Crippen LogP contribution in [-0.4, -0.2) is 28.8 Å². The minimum absolute atomic E-state index is 0.155. The largest absolute Gasteiger partial charge is 0.464 e. The van der Waals surface area contributed by atoms with E-state index in [0.29, 0.717) is 5.56 Å². The molecule has 3 rings (SSSR count). The smallest absolute Gasteiger partial charge is 0.357 e. The number of rotatable bonds is 3. The minimum Gasteiger partial charge on any atom is -0.464 e. The number of ether oxygens (including phenoxy) is 1. The third kappa shape index (κ3) is 2.23. The van der Waals surface area contributed by atoms with Crippen LogP contribution in [0.1, 0.15) is 31.4 Å². The van der Waals surface area contributed by atoms with E-state index in [1.54, 1.807) is 6.20 Å². The van der Waals surface area contributed by atoms with E-state index in [-0.39, 0.29) is 16.5 Å². The number of hydrogen-bond donors (Lipinski definition) is 1. The van der Waals surface area contributed by atoms with Gasteiger partial charge in [-0.25, -0.2) is 9.78 Å². The lowest BCUT2D eigenvalue weighted by Crippen LogP contribution is -2.04. The number of esters is 1. The molecule has 106 valence electrons. The van der Waals surface area contributed by atoms with Crippen molar-refractivity contribution in [1.82, 2.24) is 9.97 Å². The molecule has 0 aliphatic heterocycles. The van der Waals surface area contributed by atoms with Gasteiger partial charge in [-0.3, -0.25) is 4.79 Å². The van der Waals surface area contributed by atoms with Gasteiger partial charge in [-0.05, 0) is 18.6 Å². The standard InChI is InChI=1S/C15H12N2O3S/c1-8-4-3-5-10-12(8)9(6-16-10)13(18)14-17-11(7-21-14)15(19)20-2/h3-7,16H,1-2H3. The lowest BCUT2D eigenvalue weighted by molar-refractivity contribution is 0.0595. The van der Waals surface area contributed by atoms with Crippen LogP contribution in [0, 0.1) is 6.92 Å². The van der Waals surface area contributed by atoms with E-state index >= 15 is 0 Å². The molecule has 0 aliphatic carbocycles. The molecule has 5 nitrogen and oxygen atoms in total. The van der Waals surface area contributed by atoms with Gasteiger partial charge in [0.2, 0.25) is 5.78 Å². The summed E-state index contributed by atoms with van der Waals surface area (Å²) in [4.78, 5) is 31.1. The highest BCUT2D eigenvalue weighted by Crippen LogP contribution is 2.25. The number of nitrogens with zero attached hydrogens (tertiary/aromatic N) is 1. The van der Waals surface area contributed by atoms with Crippen molar-refractivity contribution in [1.29, 1.82) is 0 Å². The predicted octanol–water partition coefficient (Wildman–Crippen LogP) is 2.95. The lowest BCUT2D eigenvalue weighted by atomic mass is 10.1. The van der Waals surface area contributed by atoms with E-state index in [1.165, 1.54) is 12.5 Å². The van der Waals surface area contributed by atoms with Crippen LogP contribution in [0.3, 0.4) is 0 Å². The molecule has 0 bridgehead atoms. The normalized spacial score (nSPS) is 10.8. The predicted molar refractivity (Wildman–Crippen MR) is 79.9 cm³/mol. The van der Waals surface area contributed by atoms with Crippen molar-refractivity contribution < 1.29 is 14.3 Å². The van der Waals surface area contributed by atoms with Gasteiger partial charge in [-0.15, -0.1) is 11.3 Å². The van der Waals surface area contributed by atoms with E-state index in [4.69, 9.17) is 0 Å². The first-order valence-electron chi connectivity index (χ1n) is 6.27. The molecule has 0 spiro atoms. The summed E-state index contributed by atoms with van der Waals surface area (Å²) < 4.78 is 4.60. The molecule has 2 heterocycles. The number of benzene rings is 1. The molecule has 0 aliphatic rings. The fourth-order valence-corrected chi connectivity index (χ4v) is 2.98. The second-order valence-electron chi connectivity index (χ2n) is 4.56. The van der Waals surface area contributed by atoms with Gasteiger partial charge in [0.1, 0.15) is 0 Å². The van der Waals surface area contributed by atoms with Gasteiger partial charge in [-0.2, -0.15) is 0 Å². The average Bonchev–Trinajstić information content (AvgIpc) is 3.13. The van der Waals surface area contributed by atoms with E-state index < -0.39 is 5.97 Å². The maximum atomic E-state index is 12.6. The molecule has 0 unspecified atom stereocenters. The van der Waals surface area contributed by atoms with Crippen LogP contribution >= 0.6 is 11.3 Å². The van der Waals surface area contributed by atoms with E-state index in [9.17, 15) is 9.59 Å². The molecule has 0 atom stereocenters. The number of nitrogens with one attached hydrogen (secondary N) is 1. The Balaban J connectivity index is 2.05. The summed E-state index contributed by atoms with van der Waals surface area (Å²) in [7, 11) is 1.28. The molecule has 3 aromatic rings. The molecule has 2 aromatic heterocycles. The van der Waals surface area contributed by atoms with Gasteiger partial charge in [0.25, 0.3) is 0 Å². The van der Waals surface area contributed by atoms with E-state index in [2.05, 4.69) is 14.7 Å². The van der Waals surface area contributed by atoms with Gasteiger partial charge in [0.05, 0.1) is 12.7 Å². The van der Waals surface area contributed by atoms with Crippen LogP contribution in [0.15, 0.2) is 29.8 Å². The Kier molecular flexibility index (Phi) is 3.31. The molecule has 0 amide bonds. The Labute approximate surface area is 124 Å². The number of carbonyl (C=O) groups is 2. The van der Waals surface area contributed by atoms with Gasteiger partial charge < -0.3 is 9.72 Å². The number of H-pyrrole nitrogens is 1. The zero-order valence-electron chi connectivity index (χ0n) is 11.5. The van der Waals surface area contributed by atoms with Crippen LogP contribution in [0.25, 0.3) is 10.9 Å². The quantitative estimate of drug-likeness (QED) is 0.596. The summed E-state index contributed by atoms with van der Waals surface area (Å²) in [6, 6.07) is 5.80. The van der Waals surface area contributed by atoms with Crippen molar-refractivity contribution in [3.05, 3.63) is 51.6 Å². The second kappa shape index (κ2) is 5.14. The average molecular weight is 300 g/mol. The zero-order valence-corrected chi connectivity index (χ0v) is 12.3. The van der Waals surface area contributed by atoms with Crippen LogP contribution in [0.2, 0.25) is 0 Å². The molecule has 1 aromatic carbocycles. The highest BCUT2D eigenvalue weighted by molar-refractivity contribution is 7.12. The summed E-state index contributed by atoms with van der Waals surface area (Å²) in [5, 5.41) is 2.69. The van der Waals surface area contributed by atoms with Gasteiger partial charge in [-0.1, -0.05) is 12.1 Å². The Bertz CT molecular complexity index is 848. The molecular formula is C15H12N2O3S. The minimum atomic E-state index is -0.541. The summed E-state index contributed by atoms with van der Waals surface area (Å²) >= 11 is 1.14. The van der Waals surface area contributed by atoms with E-state index in [1.807, 2.05) is 25.1 Å². The molecule has 21 heavy (non-hydrogen) atoms. The van der Waals surface area contributed by atoms with Crippen LogP contribution in [0.4, 0.5) is 0 Å². The molecular weight excluding hydrogens is 288 g/mol. The first kappa shape index (κ1) is 13.5. The Hall–Kier alpha value is -2.47. The molecule has 0 radical (unpaired) electrons. The maximum Gasteiger partial charge on any atom is 0.357 e. The van der Waals surface area contributed by atoms with Crippen molar-refractivity contribution in [3.8, 4) is 0 Å². The van der Waals surface area contributed by atoms with Crippen molar-refractivity contribution in [2.24, 2.45) is 0 Å². The highest BCUT2D eigenvalue weighted by Gasteiger charge is 2.20. The molecule has 6 heteroatoms. The number of aromatic amines is 1. The first-order chi connectivity index (χ1) is 10.1. The highest BCUT2D eigenvalue weighted by atomic mass is 32.1. The number of aryl methyl sites for hydroxylation is 1. The maximum absolute atomic E-state index is 12.6. The molecule has 0 fully saturated rings. The molecule has 0 saturated carbocycles. The number of hydrogen-bond acceptors (Lipinski definition) is 5. The number of methoxy groups -OCH3 is 1. The Morgan fingerprint density at radius 2 is 2.14 bits per heavy atom. The third-order valence-electron chi connectivity index (χ3n) is 3.25. The molecule has 1 N–H and O–H groups in total. The number of aromatic nitrogens is 2. The second-order valence-corrected chi connectivity index (χ2v) is 5.42. The van der Waals surface area contributed by atoms with Crippen molar-refractivity contribution in [2.45, 2.75) is 6.92 Å². The zero-order chi connectivity index (χ0) is 15.0. The Morgan fingerprint density at radius 1 is 1.33 bits per heavy atom. The number of carbonyl (C=O) groups excluding carboxylic acids is 2. The summed E-state index contributed by atoms with van der Waals surface area (Å²) in [6.07, 6.45) is 1.68. The summed E-state index contributed by atoms with van der Waals surface area (Å²) in [6.45, 7) is 1.95. The topological polar surface area (TPSA) is 72.1 Å². The fourth-order valence-electron chi connectivity index (χ4n) is 2.24. The van der Waals surface area contributed by atoms with Crippen LogP contribution in [0.5, 0.6) is 0 Å². The monoisotopic (exact) mass is 300 g/mol.